The topological polar surface area (TPSA) is 83.0 Å². The summed E-state index contributed by atoms with van der Waals surface area (Å²) in [5, 5.41) is 1.44. The molecule has 2 aromatic rings. The molecule has 1 aliphatic rings. The van der Waals surface area contributed by atoms with E-state index in [-0.39, 0.29) is 0 Å². The van der Waals surface area contributed by atoms with Gasteiger partial charge in [0.1, 0.15) is 22.7 Å². The number of carbonyl (C=O) groups excluding carboxylic acids is 1. The van der Waals surface area contributed by atoms with Gasteiger partial charge in [0.05, 0.1) is 5.39 Å². The van der Waals surface area contributed by atoms with Crippen molar-refractivity contribution >= 4 is 51.3 Å². The number of rotatable bonds is 4. The first-order chi connectivity index (χ1) is 11.8. The van der Waals surface area contributed by atoms with E-state index in [1.807, 2.05) is 13.8 Å². The normalized spacial score (nSPS) is 21.4. The summed E-state index contributed by atoms with van der Waals surface area (Å²) in [5.74, 6) is 0.532. The molecule has 2 N–H and O–H groups in total. The molecular weight excluding hydrogens is 455 g/mol. The van der Waals surface area contributed by atoms with Crippen LogP contribution in [-0.2, 0) is 4.74 Å². The fraction of sp³-hybridized carbons (Fsp3) is 0.588. The Kier molecular flexibility index (Phi) is 5.43. The highest BCUT2D eigenvalue weighted by molar-refractivity contribution is 14.1. The van der Waals surface area contributed by atoms with Gasteiger partial charge >= 0.3 is 6.09 Å². The van der Waals surface area contributed by atoms with E-state index in [0.717, 1.165) is 46.7 Å². The van der Waals surface area contributed by atoms with E-state index in [1.54, 1.807) is 0 Å². The molecule has 2 aromatic heterocycles. The number of nitrogens with zero attached hydrogens (tertiary/aromatic N) is 3. The fourth-order valence-corrected chi connectivity index (χ4v) is 5.11. The van der Waals surface area contributed by atoms with Crippen LogP contribution >= 0.6 is 34.2 Å². The number of hydrogen-bond acceptors (Lipinski definition) is 4. The summed E-state index contributed by atoms with van der Waals surface area (Å²) >= 11 is 8.52. The largest absolute Gasteiger partial charge is 0.444 e. The lowest BCUT2D eigenvalue weighted by Gasteiger charge is -2.34. The zero-order valence-electron chi connectivity index (χ0n) is 14.3. The lowest BCUT2D eigenvalue weighted by molar-refractivity contribution is 0.0201. The average molecular weight is 477 g/mol. The summed E-state index contributed by atoms with van der Waals surface area (Å²) in [6.07, 6.45) is 8.08. The molecule has 1 aliphatic carbocycles. The van der Waals surface area contributed by atoms with E-state index in [2.05, 4.69) is 43.3 Å². The van der Waals surface area contributed by atoms with Crippen LogP contribution in [-0.4, -0.2) is 26.2 Å². The molecule has 0 atom stereocenters. The van der Waals surface area contributed by atoms with Crippen LogP contribution in [0.5, 0.6) is 0 Å². The Morgan fingerprint density at radius 3 is 2.72 bits per heavy atom. The minimum absolute atomic E-state index is 0.411. The van der Waals surface area contributed by atoms with Crippen LogP contribution in [0.15, 0.2) is 12.5 Å². The highest BCUT2D eigenvalue weighted by Crippen LogP contribution is 2.39. The van der Waals surface area contributed by atoms with Crippen molar-refractivity contribution in [2.75, 3.05) is 0 Å². The van der Waals surface area contributed by atoms with Crippen molar-refractivity contribution in [3.63, 3.8) is 0 Å². The van der Waals surface area contributed by atoms with Crippen molar-refractivity contribution in [3.05, 3.63) is 21.2 Å². The number of fused-ring (bicyclic) bond motifs is 1. The van der Waals surface area contributed by atoms with Gasteiger partial charge in [-0.3, -0.25) is 0 Å². The van der Waals surface area contributed by atoms with Crippen molar-refractivity contribution in [2.45, 2.75) is 57.6 Å². The van der Waals surface area contributed by atoms with E-state index in [4.69, 9.17) is 22.1 Å². The first kappa shape index (κ1) is 18.7. The smallest absolute Gasteiger partial charge is 0.405 e. The van der Waals surface area contributed by atoms with E-state index >= 15 is 0 Å². The second kappa shape index (κ2) is 7.26. The van der Waals surface area contributed by atoms with Gasteiger partial charge in [-0.1, -0.05) is 11.6 Å². The third kappa shape index (κ3) is 4.19. The number of ether oxygens (including phenoxy) is 1. The number of hydrogen-bond donors (Lipinski definition) is 1. The Labute approximate surface area is 165 Å². The monoisotopic (exact) mass is 476 g/mol. The van der Waals surface area contributed by atoms with Gasteiger partial charge in [-0.25, -0.2) is 14.8 Å². The number of amides is 1. The minimum Gasteiger partial charge on any atom is -0.444 e. The summed E-state index contributed by atoms with van der Waals surface area (Å²) in [5.41, 5.74) is 5.55. The summed E-state index contributed by atoms with van der Waals surface area (Å²) in [7, 11) is 0. The molecule has 0 radical (unpaired) electrons. The number of primary amides is 1. The van der Waals surface area contributed by atoms with Crippen molar-refractivity contribution < 1.29 is 9.53 Å². The van der Waals surface area contributed by atoms with Gasteiger partial charge in [0.15, 0.2) is 0 Å². The number of halogens is 2. The first-order valence-electron chi connectivity index (χ1n) is 8.42. The van der Waals surface area contributed by atoms with Crippen LogP contribution in [0.1, 0.15) is 52.0 Å². The van der Waals surface area contributed by atoms with Gasteiger partial charge < -0.3 is 15.0 Å². The highest BCUT2D eigenvalue weighted by Gasteiger charge is 2.31. The quantitative estimate of drug-likeness (QED) is 0.513. The molecule has 0 unspecified atom stereocenters. The third-order valence-electron chi connectivity index (χ3n) is 4.88. The standard InChI is InChI=1S/C17H22ClIN4O2/c1-17(2,25-16(20)24)7-10-3-5-11(6-4-10)23-8-12(19)13-14(18)21-9-22-15(13)23/h8-11H,3-7H2,1-2H3,(H2,20,24)/t10-,11-. The highest BCUT2D eigenvalue weighted by atomic mass is 127. The Morgan fingerprint density at radius 2 is 2.08 bits per heavy atom. The molecule has 1 saturated carbocycles. The maximum Gasteiger partial charge on any atom is 0.405 e. The van der Waals surface area contributed by atoms with E-state index in [9.17, 15) is 4.79 Å². The van der Waals surface area contributed by atoms with Crippen LogP contribution in [0, 0.1) is 9.49 Å². The van der Waals surface area contributed by atoms with E-state index < -0.39 is 11.7 Å². The molecule has 6 nitrogen and oxygen atoms in total. The number of carbonyl (C=O) groups is 1. The molecule has 1 fully saturated rings. The van der Waals surface area contributed by atoms with Gasteiger partial charge in [-0.05, 0) is 74.5 Å². The van der Waals surface area contributed by atoms with Crippen molar-refractivity contribution in [3.8, 4) is 0 Å². The second-order valence-electron chi connectivity index (χ2n) is 7.31. The van der Waals surface area contributed by atoms with E-state index in [1.165, 1.54) is 6.33 Å². The fourth-order valence-electron chi connectivity index (χ4n) is 3.92. The van der Waals surface area contributed by atoms with Crippen molar-refractivity contribution in [2.24, 2.45) is 11.7 Å². The molecule has 1 amide bonds. The lowest BCUT2D eigenvalue weighted by atomic mass is 9.80. The van der Waals surface area contributed by atoms with Crippen LogP contribution in [0.3, 0.4) is 0 Å². The van der Waals surface area contributed by atoms with Crippen LogP contribution in [0.25, 0.3) is 11.0 Å². The Bertz CT molecular complexity index is 784. The molecule has 8 heteroatoms. The number of nitrogens with two attached hydrogens (primary N) is 1. The maximum absolute atomic E-state index is 11.0. The van der Waals surface area contributed by atoms with Crippen molar-refractivity contribution in [1.29, 1.82) is 0 Å². The molecule has 2 heterocycles. The minimum atomic E-state index is -0.705. The molecule has 0 bridgehead atoms. The van der Waals surface area contributed by atoms with Gasteiger partial charge in [-0.15, -0.1) is 0 Å². The van der Waals surface area contributed by atoms with Gasteiger partial charge in [0.25, 0.3) is 0 Å². The molecule has 0 aromatic carbocycles. The summed E-state index contributed by atoms with van der Waals surface area (Å²) in [6, 6.07) is 0.411. The molecule has 25 heavy (non-hydrogen) atoms. The van der Waals surface area contributed by atoms with Gasteiger partial charge in [-0.2, -0.15) is 0 Å². The molecule has 0 spiro atoms. The number of aromatic nitrogens is 3. The first-order valence-corrected chi connectivity index (χ1v) is 9.87. The molecular formula is C17H22ClIN4O2. The predicted octanol–water partition coefficient (Wildman–Crippen LogP) is 4.68. The van der Waals surface area contributed by atoms with Crippen molar-refractivity contribution in [1.82, 2.24) is 14.5 Å². The summed E-state index contributed by atoms with van der Waals surface area (Å²) in [4.78, 5) is 19.5. The molecule has 3 rings (SSSR count). The Hall–Kier alpha value is -1.09. The van der Waals surface area contributed by atoms with E-state index in [0.29, 0.717) is 17.1 Å². The van der Waals surface area contributed by atoms with Crippen LogP contribution in [0.4, 0.5) is 4.79 Å². The summed E-state index contributed by atoms with van der Waals surface area (Å²) < 4.78 is 8.55. The Balaban J connectivity index is 1.69. The molecule has 136 valence electrons. The molecule has 0 saturated heterocycles. The average Bonchev–Trinajstić information content (AvgIpc) is 2.85. The second-order valence-corrected chi connectivity index (χ2v) is 8.83. The van der Waals surface area contributed by atoms with Gasteiger partial charge in [0.2, 0.25) is 0 Å². The SMILES string of the molecule is CC(C)(C[C@H]1CC[C@H](n2cc(I)c3c(Cl)ncnc32)CC1)OC(N)=O. The van der Waals surface area contributed by atoms with Gasteiger partial charge in [0, 0.05) is 15.8 Å². The molecule has 0 aliphatic heterocycles. The third-order valence-corrected chi connectivity index (χ3v) is 5.99. The van der Waals surface area contributed by atoms with Crippen LogP contribution < -0.4 is 5.73 Å². The van der Waals surface area contributed by atoms with Crippen LogP contribution in [0.2, 0.25) is 5.15 Å². The zero-order chi connectivity index (χ0) is 18.2. The lowest BCUT2D eigenvalue weighted by Crippen LogP contribution is -2.34. The predicted molar refractivity (Wildman–Crippen MR) is 106 cm³/mol. The maximum atomic E-state index is 11.0. The summed E-state index contributed by atoms with van der Waals surface area (Å²) in [6.45, 7) is 3.84. The zero-order valence-corrected chi connectivity index (χ0v) is 17.2. The Morgan fingerprint density at radius 1 is 1.40 bits per heavy atom.